The summed E-state index contributed by atoms with van der Waals surface area (Å²) >= 11 is 0. The van der Waals surface area contributed by atoms with E-state index < -0.39 is 0 Å². The van der Waals surface area contributed by atoms with E-state index in [0.717, 1.165) is 24.0 Å². The molecule has 0 radical (unpaired) electrons. The van der Waals surface area contributed by atoms with Crippen LogP contribution >= 0.6 is 0 Å². The van der Waals surface area contributed by atoms with Gasteiger partial charge in [0.25, 0.3) is 6.47 Å². The van der Waals surface area contributed by atoms with E-state index in [1.54, 1.807) is 0 Å². The first-order valence-corrected chi connectivity index (χ1v) is 6.22. The van der Waals surface area contributed by atoms with Crippen LogP contribution in [0.4, 0.5) is 0 Å². The Bertz CT molecular complexity index is 399. The van der Waals surface area contributed by atoms with Gasteiger partial charge in [-0.15, -0.1) is 0 Å². The molecule has 0 spiro atoms. The van der Waals surface area contributed by atoms with Gasteiger partial charge in [0, 0.05) is 12.1 Å². The summed E-state index contributed by atoms with van der Waals surface area (Å²) in [7, 11) is 0. The molecule has 1 aromatic carbocycles. The first kappa shape index (κ1) is 14.2. The first-order valence-electron chi connectivity index (χ1n) is 6.22. The lowest BCUT2D eigenvalue weighted by atomic mass is 10.0. The van der Waals surface area contributed by atoms with E-state index >= 15 is 0 Å². The zero-order valence-electron chi connectivity index (χ0n) is 10.9. The molecule has 2 N–H and O–H groups in total. The van der Waals surface area contributed by atoms with E-state index in [0.29, 0.717) is 18.9 Å². The quantitative estimate of drug-likeness (QED) is 0.458. The molecule has 0 amide bonds. The Morgan fingerprint density at radius 2 is 2.06 bits per heavy atom. The van der Waals surface area contributed by atoms with Gasteiger partial charge in [-0.1, -0.05) is 37.6 Å². The number of hydrogen-bond donors (Lipinski definition) is 1. The molecule has 0 aliphatic rings. The van der Waals surface area contributed by atoms with Crippen LogP contribution in [-0.4, -0.2) is 18.9 Å². The average molecular weight is 248 g/mol. The number of nitrogens with zero attached hydrogens (tertiary/aromatic N) is 1. The molecule has 0 bridgehead atoms. The molecule has 1 rings (SSSR count). The number of amidine groups is 1. The molecule has 0 heterocycles. The smallest absolute Gasteiger partial charge is 0.293 e. The fourth-order valence-electron chi connectivity index (χ4n) is 1.77. The highest BCUT2D eigenvalue weighted by Gasteiger charge is 2.11. The lowest BCUT2D eigenvalue weighted by Crippen LogP contribution is -2.14. The molecule has 0 aliphatic heterocycles. The van der Waals surface area contributed by atoms with Crippen LogP contribution in [-0.2, 0) is 9.53 Å². The molecular formula is C14H20N2O2. The number of hydrogen-bond acceptors (Lipinski definition) is 3. The molecule has 1 aromatic rings. The Kier molecular flexibility index (Phi) is 5.91. The second-order valence-corrected chi connectivity index (χ2v) is 3.99. The van der Waals surface area contributed by atoms with Crippen molar-refractivity contribution >= 4 is 12.3 Å². The van der Waals surface area contributed by atoms with Gasteiger partial charge in [0.05, 0.1) is 0 Å². The van der Waals surface area contributed by atoms with Crippen molar-refractivity contribution in [3.63, 3.8) is 0 Å². The summed E-state index contributed by atoms with van der Waals surface area (Å²) in [5, 5.41) is 0. The van der Waals surface area contributed by atoms with Crippen LogP contribution in [0.3, 0.4) is 0 Å². The predicted molar refractivity (Wildman–Crippen MR) is 72.5 cm³/mol. The minimum absolute atomic E-state index is 0.175. The molecule has 0 aromatic heterocycles. The van der Waals surface area contributed by atoms with Crippen molar-refractivity contribution in [2.45, 2.75) is 32.8 Å². The fourth-order valence-corrected chi connectivity index (χ4v) is 1.77. The van der Waals surface area contributed by atoms with Crippen molar-refractivity contribution in [2.24, 2.45) is 10.7 Å². The Hall–Kier alpha value is -1.84. The minimum atomic E-state index is -0.175. The Labute approximate surface area is 108 Å². The summed E-state index contributed by atoms with van der Waals surface area (Å²) in [6.07, 6.45) is 1.60. The van der Waals surface area contributed by atoms with E-state index in [4.69, 9.17) is 10.5 Å². The molecule has 1 atom stereocenters. The molecular weight excluding hydrogens is 228 g/mol. The van der Waals surface area contributed by atoms with Crippen LogP contribution in [0.5, 0.6) is 0 Å². The van der Waals surface area contributed by atoms with Gasteiger partial charge in [0.1, 0.15) is 11.9 Å². The van der Waals surface area contributed by atoms with E-state index in [1.807, 2.05) is 31.2 Å². The highest BCUT2D eigenvalue weighted by molar-refractivity contribution is 5.97. The standard InChI is InChI=1S/C14H20N2O2/c1-3-5-13(18-10-17)11-6-8-12(9-7-11)14(15)16-4-2/h6-10,13H,3-5H2,1-2H3,(H2,15,16). The summed E-state index contributed by atoms with van der Waals surface area (Å²) in [5.41, 5.74) is 7.69. The summed E-state index contributed by atoms with van der Waals surface area (Å²) < 4.78 is 5.07. The zero-order chi connectivity index (χ0) is 13.4. The molecule has 4 heteroatoms. The lowest BCUT2D eigenvalue weighted by molar-refractivity contribution is -0.134. The van der Waals surface area contributed by atoms with Crippen molar-refractivity contribution in [3.05, 3.63) is 35.4 Å². The van der Waals surface area contributed by atoms with Gasteiger partial charge in [-0.05, 0) is 18.9 Å². The number of aliphatic imine (C=N–C) groups is 1. The number of rotatable bonds is 7. The predicted octanol–water partition coefficient (Wildman–Crippen LogP) is 2.43. The fraction of sp³-hybridized carbons (Fsp3) is 0.429. The zero-order valence-corrected chi connectivity index (χ0v) is 10.9. The van der Waals surface area contributed by atoms with Crippen LogP contribution in [0.2, 0.25) is 0 Å². The largest absolute Gasteiger partial charge is 0.460 e. The SMILES string of the molecule is CCCC(OC=O)c1ccc(C(N)=NCC)cc1. The third-order valence-corrected chi connectivity index (χ3v) is 2.68. The van der Waals surface area contributed by atoms with Crippen molar-refractivity contribution in [1.82, 2.24) is 0 Å². The van der Waals surface area contributed by atoms with E-state index in [1.165, 1.54) is 0 Å². The lowest BCUT2D eigenvalue weighted by Gasteiger charge is -2.14. The number of carbonyl (C=O) groups is 1. The van der Waals surface area contributed by atoms with Crippen LogP contribution in [0.25, 0.3) is 0 Å². The third-order valence-electron chi connectivity index (χ3n) is 2.68. The highest BCUT2D eigenvalue weighted by atomic mass is 16.5. The van der Waals surface area contributed by atoms with Crippen molar-refractivity contribution < 1.29 is 9.53 Å². The molecule has 1 unspecified atom stereocenters. The first-order chi connectivity index (χ1) is 8.72. The van der Waals surface area contributed by atoms with Gasteiger partial charge in [0.2, 0.25) is 0 Å². The number of nitrogens with two attached hydrogens (primary N) is 1. The maximum atomic E-state index is 10.5. The van der Waals surface area contributed by atoms with Gasteiger partial charge in [-0.25, -0.2) is 0 Å². The molecule has 0 saturated heterocycles. The topological polar surface area (TPSA) is 64.7 Å². The maximum Gasteiger partial charge on any atom is 0.293 e. The Balaban J connectivity index is 2.86. The molecule has 98 valence electrons. The highest BCUT2D eigenvalue weighted by Crippen LogP contribution is 2.22. The molecule has 18 heavy (non-hydrogen) atoms. The van der Waals surface area contributed by atoms with Crippen LogP contribution in [0.15, 0.2) is 29.3 Å². The third kappa shape index (κ3) is 3.87. The average Bonchev–Trinajstić information content (AvgIpc) is 2.39. The molecule has 4 nitrogen and oxygen atoms in total. The Morgan fingerprint density at radius 1 is 1.39 bits per heavy atom. The number of carbonyl (C=O) groups excluding carboxylic acids is 1. The van der Waals surface area contributed by atoms with Gasteiger partial charge in [-0.2, -0.15) is 0 Å². The summed E-state index contributed by atoms with van der Waals surface area (Å²) in [4.78, 5) is 14.6. The van der Waals surface area contributed by atoms with Gasteiger partial charge in [-0.3, -0.25) is 9.79 Å². The summed E-state index contributed by atoms with van der Waals surface area (Å²) in [5.74, 6) is 0.535. The van der Waals surface area contributed by atoms with Crippen LogP contribution < -0.4 is 5.73 Å². The van der Waals surface area contributed by atoms with Crippen molar-refractivity contribution in [1.29, 1.82) is 0 Å². The van der Waals surface area contributed by atoms with Gasteiger partial charge < -0.3 is 10.5 Å². The van der Waals surface area contributed by atoms with Gasteiger partial charge in [0.15, 0.2) is 0 Å². The second-order valence-electron chi connectivity index (χ2n) is 3.99. The van der Waals surface area contributed by atoms with Gasteiger partial charge >= 0.3 is 0 Å². The monoisotopic (exact) mass is 248 g/mol. The molecule has 0 fully saturated rings. The van der Waals surface area contributed by atoms with Crippen molar-refractivity contribution in [3.8, 4) is 0 Å². The normalized spacial score (nSPS) is 13.1. The summed E-state index contributed by atoms with van der Waals surface area (Å²) in [6.45, 7) is 5.17. The Morgan fingerprint density at radius 3 is 2.56 bits per heavy atom. The van der Waals surface area contributed by atoms with Crippen LogP contribution in [0, 0.1) is 0 Å². The second kappa shape index (κ2) is 7.48. The number of ether oxygens (including phenoxy) is 1. The van der Waals surface area contributed by atoms with Crippen LogP contribution in [0.1, 0.15) is 43.9 Å². The molecule has 0 aliphatic carbocycles. The van der Waals surface area contributed by atoms with E-state index in [-0.39, 0.29) is 6.10 Å². The number of benzene rings is 1. The molecule has 0 saturated carbocycles. The van der Waals surface area contributed by atoms with E-state index in [9.17, 15) is 4.79 Å². The van der Waals surface area contributed by atoms with Crippen molar-refractivity contribution in [2.75, 3.05) is 6.54 Å². The minimum Gasteiger partial charge on any atom is -0.460 e. The maximum absolute atomic E-state index is 10.5. The summed E-state index contributed by atoms with van der Waals surface area (Å²) in [6, 6.07) is 7.66. The van der Waals surface area contributed by atoms with E-state index in [2.05, 4.69) is 11.9 Å².